The maximum atomic E-state index is 13.4. The zero-order valence-corrected chi connectivity index (χ0v) is 17.9. The highest BCUT2D eigenvalue weighted by atomic mass is 19.4. The predicted octanol–water partition coefficient (Wildman–Crippen LogP) is 3.45. The van der Waals surface area contributed by atoms with E-state index in [1.807, 2.05) is 18.2 Å². The van der Waals surface area contributed by atoms with Gasteiger partial charge in [-0.1, -0.05) is 49.4 Å². The van der Waals surface area contributed by atoms with Gasteiger partial charge in [0.2, 0.25) is 17.7 Å². The molecule has 2 fully saturated rings. The highest BCUT2D eigenvalue weighted by molar-refractivity contribution is 6.08. The Bertz CT molecular complexity index is 907. The summed E-state index contributed by atoms with van der Waals surface area (Å²) < 4.78 is 38.7. The van der Waals surface area contributed by atoms with Crippen LogP contribution in [0.15, 0.2) is 42.5 Å². The van der Waals surface area contributed by atoms with Gasteiger partial charge in [0.15, 0.2) is 0 Å². The Morgan fingerprint density at radius 1 is 1.03 bits per heavy atom. The number of alkyl halides is 3. The van der Waals surface area contributed by atoms with Gasteiger partial charge in [0.25, 0.3) is 0 Å². The number of imide groups is 1. The van der Waals surface area contributed by atoms with Gasteiger partial charge in [-0.25, -0.2) is 0 Å². The molecule has 32 heavy (non-hydrogen) atoms. The van der Waals surface area contributed by atoms with Gasteiger partial charge in [-0.15, -0.1) is 0 Å². The van der Waals surface area contributed by atoms with Crippen molar-refractivity contribution in [3.05, 3.63) is 48.0 Å². The van der Waals surface area contributed by atoms with Gasteiger partial charge < -0.3 is 4.90 Å². The number of nitrogens with zero attached hydrogens (tertiary/aromatic N) is 2. The minimum atomic E-state index is -4.67. The molecule has 8 heteroatoms. The van der Waals surface area contributed by atoms with Crippen LogP contribution in [0.25, 0.3) is 0 Å². The summed E-state index contributed by atoms with van der Waals surface area (Å²) in [5.41, 5.74) is 1.26. The fraction of sp³-hybridized carbons (Fsp3) is 0.542. The summed E-state index contributed by atoms with van der Waals surface area (Å²) >= 11 is 0. The third-order valence-electron chi connectivity index (χ3n) is 6.98. The average Bonchev–Trinajstić information content (AvgIpc) is 2.98. The first kappa shape index (κ1) is 22.6. The van der Waals surface area contributed by atoms with Gasteiger partial charge >= 0.3 is 6.18 Å². The fourth-order valence-electron chi connectivity index (χ4n) is 5.33. The molecule has 2 heterocycles. The van der Waals surface area contributed by atoms with Gasteiger partial charge in [0, 0.05) is 13.1 Å². The molecule has 0 bridgehead atoms. The van der Waals surface area contributed by atoms with Crippen molar-refractivity contribution in [2.45, 2.75) is 32.4 Å². The lowest BCUT2D eigenvalue weighted by atomic mass is 9.71. The highest BCUT2D eigenvalue weighted by Gasteiger charge is 2.56. The summed E-state index contributed by atoms with van der Waals surface area (Å²) in [4.78, 5) is 40.8. The van der Waals surface area contributed by atoms with Crippen molar-refractivity contribution >= 4 is 17.7 Å². The Balaban J connectivity index is 1.44. The summed E-state index contributed by atoms with van der Waals surface area (Å²) in [6.07, 6.45) is 1.12. The van der Waals surface area contributed by atoms with Crippen LogP contribution < -0.4 is 0 Å². The number of allylic oxidation sites excluding steroid dienone is 1. The molecule has 172 valence electrons. The molecule has 0 saturated carbocycles. The van der Waals surface area contributed by atoms with E-state index in [1.165, 1.54) is 11.6 Å². The first-order valence-corrected chi connectivity index (χ1v) is 11.1. The van der Waals surface area contributed by atoms with Crippen LogP contribution in [0.2, 0.25) is 0 Å². The Morgan fingerprint density at radius 3 is 2.31 bits per heavy atom. The minimum Gasteiger partial charge on any atom is -0.342 e. The molecule has 0 N–H and O–H groups in total. The van der Waals surface area contributed by atoms with E-state index < -0.39 is 42.3 Å². The lowest BCUT2D eigenvalue weighted by Crippen LogP contribution is -2.48. The van der Waals surface area contributed by atoms with Gasteiger partial charge in [-0.2, -0.15) is 13.2 Å². The van der Waals surface area contributed by atoms with E-state index in [0.29, 0.717) is 19.0 Å². The largest absolute Gasteiger partial charge is 0.406 e. The molecule has 1 aromatic rings. The molecule has 3 amide bonds. The Labute approximate surface area is 185 Å². The van der Waals surface area contributed by atoms with Crippen LogP contribution in [0.5, 0.6) is 0 Å². The molecule has 5 nitrogen and oxygen atoms in total. The number of carbonyl (C=O) groups excluding carboxylic acids is 3. The van der Waals surface area contributed by atoms with Gasteiger partial charge in [0.1, 0.15) is 6.54 Å². The minimum absolute atomic E-state index is 0.231. The van der Waals surface area contributed by atoms with Crippen molar-refractivity contribution in [1.82, 2.24) is 9.80 Å². The number of benzene rings is 1. The molecule has 0 unspecified atom stereocenters. The molecule has 2 saturated heterocycles. The Morgan fingerprint density at radius 2 is 1.69 bits per heavy atom. The number of rotatable bonds is 4. The van der Waals surface area contributed by atoms with E-state index in [9.17, 15) is 27.6 Å². The van der Waals surface area contributed by atoms with Crippen LogP contribution in [0, 0.1) is 29.6 Å². The lowest BCUT2D eigenvalue weighted by Gasteiger charge is -2.38. The van der Waals surface area contributed by atoms with Gasteiger partial charge in [-0.05, 0) is 36.7 Å². The van der Waals surface area contributed by atoms with E-state index in [1.54, 1.807) is 17.9 Å². The summed E-state index contributed by atoms with van der Waals surface area (Å²) in [5, 5.41) is 0. The van der Waals surface area contributed by atoms with Crippen LogP contribution in [-0.4, -0.2) is 53.3 Å². The van der Waals surface area contributed by atoms with Crippen molar-refractivity contribution in [1.29, 1.82) is 0 Å². The number of amides is 3. The molecule has 4 rings (SSSR count). The predicted molar refractivity (Wildman–Crippen MR) is 111 cm³/mol. The van der Waals surface area contributed by atoms with Crippen molar-refractivity contribution in [2.75, 3.05) is 19.6 Å². The van der Waals surface area contributed by atoms with E-state index in [0.717, 1.165) is 19.3 Å². The van der Waals surface area contributed by atoms with Crippen molar-refractivity contribution < 1.29 is 27.6 Å². The Kier molecular flexibility index (Phi) is 6.14. The van der Waals surface area contributed by atoms with E-state index >= 15 is 0 Å². The number of carbonyl (C=O) groups is 3. The van der Waals surface area contributed by atoms with E-state index in [-0.39, 0.29) is 16.7 Å². The first-order valence-electron chi connectivity index (χ1n) is 11.1. The zero-order chi connectivity index (χ0) is 23.0. The normalized spacial score (nSPS) is 28.9. The number of halogens is 3. The smallest absolute Gasteiger partial charge is 0.342 e. The SMILES string of the molecule is C[C@@H]1C=C[C@@H]2C(=O)N(CC(F)(F)F)C(=O)[C@H]2[C@@H]1C(=O)N1CCC(Cc2ccccc2)CC1. The number of fused-ring (bicyclic) bond motifs is 1. The molecule has 4 atom stereocenters. The zero-order valence-electron chi connectivity index (χ0n) is 17.9. The second kappa shape index (κ2) is 8.71. The van der Waals surface area contributed by atoms with Crippen LogP contribution in [0.1, 0.15) is 25.3 Å². The van der Waals surface area contributed by atoms with Crippen LogP contribution in [0.4, 0.5) is 13.2 Å². The Hall–Kier alpha value is -2.64. The molecule has 0 radical (unpaired) electrons. The number of hydrogen-bond donors (Lipinski definition) is 0. The molecule has 3 aliphatic rings. The second-order valence-electron chi connectivity index (χ2n) is 9.16. The molecular weight excluding hydrogens is 421 g/mol. The number of hydrogen-bond acceptors (Lipinski definition) is 3. The van der Waals surface area contributed by atoms with E-state index in [2.05, 4.69) is 12.1 Å². The first-order chi connectivity index (χ1) is 15.2. The fourth-order valence-corrected chi connectivity index (χ4v) is 5.33. The third-order valence-corrected chi connectivity index (χ3v) is 6.98. The maximum absolute atomic E-state index is 13.4. The molecule has 0 aromatic heterocycles. The van der Waals surface area contributed by atoms with Gasteiger partial charge in [-0.3, -0.25) is 19.3 Å². The molecule has 1 aromatic carbocycles. The van der Waals surface area contributed by atoms with Crippen molar-refractivity contribution in [3.8, 4) is 0 Å². The van der Waals surface area contributed by atoms with E-state index in [4.69, 9.17) is 0 Å². The third kappa shape index (κ3) is 4.45. The van der Waals surface area contributed by atoms with Crippen molar-refractivity contribution in [3.63, 3.8) is 0 Å². The number of likely N-dealkylation sites (tertiary alicyclic amines) is 2. The summed E-state index contributed by atoms with van der Waals surface area (Å²) in [7, 11) is 0. The summed E-state index contributed by atoms with van der Waals surface area (Å²) in [5.74, 6) is -4.71. The van der Waals surface area contributed by atoms with Crippen LogP contribution in [-0.2, 0) is 20.8 Å². The average molecular weight is 448 g/mol. The summed E-state index contributed by atoms with van der Waals surface area (Å²) in [6.45, 7) is 1.28. The van der Waals surface area contributed by atoms with Crippen LogP contribution >= 0.6 is 0 Å². The van der Waals surface area contributed by atoms with Crippen LogP contribution in [0.3, 0.4) is 0 Å². The highest BCUT2D eigenvalue weighted by Crippen LogP contribution is 2.43. The second-order valence-corrected chi connectivity index (χ2v) is 9.16. The molecule has 1 aliphatic carbocycles. The quantitative estimate of drug-likeness (QED) is 0.524. The standard InChI is InChI=1S/C24H27F3N2O3/c1-15-7-8-18-20(23(32)29(21(18)30)14-24(25,26)27)19(15)22(31)28-11-9-17(10-12-28)13-16-5-3-2-4-6-16/h2-8,15,17-20H,9-14H2,1H3/t15-,18+,19-,20-/m1/s1. The van der Waals surface area contributed by atoms with Crippen molar-refractivity contribution in [2.24, 2.45) is 29.6 Å². The summed E-state index contributed by atoms with van der Waals surface area (Å²) in [6, 6.07) is 10.2. The maximum Gasteiger partial charge on any atom is 0.406 e. The molecule has 0 spiro atoms. The van der Waals surface area contributed by atoms with Gasteiger partial charge in [0.05, 0.1) is 17.8 Å². The molecular formula is C24H27F3N2O3. The molecule has 2 aliphatic heterocycles. The monoisotopic (exact) mass is 448 g/mol. The lowest BCUT2D eigenvalue weighted by molar-refractivity contribution is -0.167. The topological polar surface area (TPSA) is 57.7 Å². The number of piperidine rings is 1.